The standard InChI is InChI=1S/C26H21F3N4O5S/c27-26(28,29)20-7-8-30-14-19(20)16-5-6-21-18(13-16)24(32-22-4-2-1-3-17(22)25(34)35)23(15-31-21)39(36,37)33-9-11-38-12-10-33/h1-8,13-15H,9-12H2,(H,31,32)(H,34,35). The van der Waals surface area contributed by atoms with Gasteiger partial charge in [0.05, 0.1) is 41.2 Å². The minimum atomic E-state index is -4.66. The molecule has 4 aromatic rings. The van der Waals surface area contributed by atoms with Crippen LogP contribution in [0.5, 0.6) is 0 Å². The normalized spacial score (nSPS) is 14.8. The molecule has 0 saturated carbocycles. The Morgan fingerprint density at radius 3 is 2.51 bits per heavy atom. The number of halogens is 3. The van der Waals surface area contributed by atoms with Gasteiger partial charge in [0.15, 0.2) is 0 Å². The highest BCUT2D eigenvalue weighted by molar-refractivity contribution is 7.89. The fourth-order valence-electron chi connectivity index (χ4n) is 4.38. The van der Waals surface area contributed by atoms with Gasteiger partial charge in [0.25, 0.3) is 0 Å². The van der Waals surface area contributed by atoms with Gasteiger partial charge in [-0.2, -0.15) is 17.5 Å². The van der Waals surface area contributed by atoms with Gasteiger partial charge in [0.1, 0.15) is 4.90 Å². The molecule has 2 N–H and O–H groups in total. The van der Waals surface area contributed by atoms with Crippen LogP contribution in [-0.2, 0) is 20.9 Å². The summed E-state index contributed by atoms with van der Waals surface area (Å²) in [6.07, 6.45) is -1.38. The van der Waals surface area contributed by atoms with Crippen LogP contribution in [0.4, 0.5) is 24.5 Å². The topological polar surface area (TPSA) is 122 Å². The van der Waals surface area contributed by atoms with Crippen molar-refractivity contribution < 1.29 is 36.2 Å². The first-order valence-electron chi connectivity index (χ1n) is 11.7. The highest BCUT2D eigenvalue weighted by atomic mass is 32.2. The van der Waals surface area contributed by atoms with Crippen LogP contribution in [0.3, 0.4) is 0 Å². The average Bonchev–Trinajstić information content (AvgIpc) is 2.93. The molecule has 202 valence electrons. The summed E-state index contributed by atoms with van der Waals surface area (Å²) in [4.78, 5) is 19.7. The molecule has 1 saturated heterocycles. The molecule has 2 aromatic carbocycles. The number of pyridine rings is 2. The number of aromatic carboxylic acids is 1. The molecule has 1 fully saturated rings. The zero-order valence-electron chi connectivity index (χ0n) is 20.1. The number of fused-ring (bicyclic) bond motifs is 1. The third kappa shape index (κ3) is 5.15. The number of carboxylic acids is 1. The van der Waals surface area contributed by atoms with Gasteiger partial charge in [-0.15, -0.1) is 0 Å². The number of anilines is 2. The molecule has 3 heterocycles. The average molecular weight is 559 g/mol. The Kier molecular flexibility index (Phi) is 6.97. The van der Waals surface area contributed by atoms with Crippen molar-refractivity contribution in [3.05, 3.63) is 78.2 Å². The van der Waals surface area contributed by atoms with E-state index in [1.165, 1.54) is 40.7 Å². The Labute approximate surface area is 220 Å². The van der Waals surface area contributed by atoms with Crippen LogP contribution in [0, 0.1) is 0 Å². The smallest absolute Gasteiger partial charge is 0.417 e. The van der Waals surface area contributed by atoms with Gasteiger partial charge >= 0.3 is 12.1 Å². The first-order valence-corrected chi connectivity index (χ1v) is 13.1. The fraction of sp³-hybridized carbons (Fsp3) is 0.192. The van der Waals surface area contributed by atoms with Crippen LogP contribution >= 0.6 is 0 Å². The number of hydrogen-bond acceptors (Lipinski definition) is 7. The predicted octanol–water partition coefficient (Wildman–Crippen LogP) is 4.78. The van der Waals surface area contributed by atoms with Crippen LogP contribution in [0.2, 0.25) is 0 Å². The van der Waals surface area contributed by atoms with Gasteiger partial charge in [-0.05, 0) is 35.9 Å². The maximum Gasteiger partial charge on any atom is 0.417 e. The SMILES string of the molecule is O=C(O)c1ccccc1Nc1c(S(=O)(=O)N2CCOCC2)cnc2ccc(-c3cnccc3C(F)(F)F)cc12. The highest BCUT2D eigenvalue weighted by Crippen LogP contribution is 2.40. The van der Waals surface area contributed by atoms with Crippen molar-refractivity contribution in [3.8, 4) is 11.1 Å². The minimum Gasteiger partial charge on any atom is -0.478 e. The van der Waals surface area contributed by atoms with E-state index in [1.54, 1.807) is 6.07 Å². The number of sulfonamides is 1. The van der Waals surface area contributed by atoms with E-state index in [0.29, 0.717) is 0 Å². The molecule has 0 unspecified atom stereocenters. The molecule has 13 heteroatoms. The lowest BCUT2D eigenvalue weighted by atomic mass is 9.99. The van der Waals surface area contributed by atoms with E-state index in [-0.39, 0.29) is 70.2 Å². The van der Waals surface area contributed by atoms with Crippen molar-refractivity contribution in [2.75, 3.05) is 31.6 Å². The predicted molar refractivity (Wildman–Crippen MR) is 136 cm³/mol. The third-order valence-electron chi connectivity index (χ3n) is 6.28. The number of nitrogens with one attached hydrogen (secondary N) is 1. The Bertz CT molecular complexity index is 1670. The summed E-state index contributed by atoms with van der Waals surface area (Å²) in [5, 5.41) is 12.8. The van der Waals surface area contributed by atoms with Crippen molar-refractivity contribution >= 4 is 38.3 Å². The maximum atomic E-state index is 13.8. The second-order valence-corrected chi connectivity index (χ2v) is 10.5. The van der Waals surface area contributed by atoms with E-state index in [4.69, 9.17) is 4.74 Å². The zero-order valence-corrected chi connectivity index (χ0v) is 21.0. The molecule has 1 aliphatic heterocycles. The van der Waals surface area contributed by atoms with Crippen LogP contribution in [-0.4, -0.2) is 60.1 Å². The molecule has 9 nitrogen and oxygen atoms in total. The molecular formula is C26H21F3N4O5S. The number of benzene rings is 2. The monoisotopic (exact) mass is 558 g/mol. The molecule has 0 bridgehead atoms. The summed E-state index contributed by atoms with van der Waals surface area (Å²) in [5.74, 6) is -1.25. The van der Waals surface area contributed by atoms with E-state index < -0.39 is 27.7 Å². The lowest BCUT2D eigenvalue weighted by Crippen LogP contribution is -2.40. The number of ether oxygens (including phenoxy) is 1. The lowest BCUT2D eigenvalue weighted by Gasteiger charge is -2.27. The molecule has 39 heavy (non-hydrogen) atoms. The van der Waals surface area contributed by atoms with E-state index >= 15 is 0 Å². The first kappa shape index (κ1) is 26.5. The number of alkyl halides is 3. The molecule has 0 amide bonds. The number of carboxylic acid groups (broad SMARTS) is 1. The van der Waals surface area contributed by atoms with Gasteiger partial charge in [-0.3, -0.25) is 9.97 Å². The van der Waals surface area contributed by atoms with E-state index in [1.807, 2.05) is 0 Å². The Morgan fingerprint density at radius 2 is 1.79 bits per heavy atom. The Morgan fingerprint density at radius 1 is 1.05 bits per heavy atom. The molecule has 0 atom stereocenters. The lowest BCUT2D eigenvalue weighted by molar-refractivity contribution is -0.137. The second-order valence-electron chi connectivity index (χ2n) is 8.64. The van der Waals surface area contributed by atoms with Crippen molar-refractivity contribution in [2.24, 2.45) is 0 Å². The Balaban J connectivity index is 1.76. The summed E-state index contributed by atoms with van der Waals surface area (Å²) >= 11 is 0. The van der Waals surface area contributed by atoms with Crippen LogP contribution in [0.1, 0.15) is 15.9 Å². The fourth-order valence-corrected chi connectivity index (χ4v) is 5.89. The number of morpholine rings is 1. The molecule has 0 spiro atoms. The third-order valence-corrected chi connectivity index (χ3v) is 8.19. The van der Waals surface area contributed by atoms with Gasteiger partial charge in [-0.25, -0.2) is 13.2 Å². The molecule has 5 rings (SSSR count). The van der Waals surface area contributed by atoms with Crippen molar-refractivity contribution in [1.29, 1.82) is 0 Å². The summed E-state index contributed by atoms with van der Waals surface area (Å²) in [6, 6.07) is 11.1. The zero-order chi connectivity index (χ0) is 27.8. The number of rotatable bonds is 6. The molecule has 2 aromatic heterocycles. The molecule has 1 aliphatic rings. The van der Waals surface area contributed by atoms with Gasteiger partial charge in [-0.1, -0.05) is 18.2 Å². The number of carbonyl (C=O) groups is 1. The van der Waals surface area contributed by atoms with Crippen molar-refractivity contribution in [2.45, 2.75) is 11.1 Å². The summed E-state index contributed by atoms with van der Waals surface area (Å²) in [5.41, 5.74) is -0.747. The number of nitrogens with zero attached hydrogens (tertiary/aromatic N) is 3. The van der Waals surface area contributed by atoms with Gasteiger partial charge in [0, 0.05) is 42.6 Å². The summed E-state index contributed by atoms with van der Waals surface area (Å²) in [7, 11) is -4.16. The first-order chi connectivity index (χ1) is 18.6. The largest absolute Gasteiger partial charge is 0.478 e. The molecule has 0 aliphatic carbocycles. The van der Waals surface area contributed by atoms with E-state index in [9.17, 15) is 31.5 Å². The van der Waals surface area contributed by atoms with E-state index in [2.05, 4.69) is 15.3 Å². The second kappa shape index (κ2) is 10.2. The molecule has 0 radical (unpaired) electrons. The van der Waals surface area contributed by atoms with Gasteiger partial charge in [0.2, 0.25) is 10.0 Å². The van der Waals surface area contributed by atoms with Crippen molar-refractivity contribution in [1.82, 2.24) is 14.3 Å². The van der Waals surface area contributed by atoms with Crippen LogP contribution in [0.15, 0.2) is 72.0 Å². The maximum absolute atomic E-state index is 13.8. The van der Waals surface area contributed by atoms with Crippen LogP contribution < -0.4 is 5.32 Å². The highest BCUT2D eigenvalue weighted by Gasteiger charge is 2.34. The number of aromatic nitrogens is 2. The van der Waals surface area contributed by atoms with Crippen LogP contribution in [0.25, 0.3) is 22.0 Å². The van der Waals surface area contributed by atoms with Gasteiger partial charge < -0.3 is 15.2 Å². The summed E-state index contributed by atoms with van der Waals surface area (Å²) < 4.78 is 75.2. The van der Waals surface area contributed by atoms with Crippen molar-refractivity contribution in [3.63, 3.8) is 0 Å². The van der Waals surface area contributed by atoms with E-state index in [0.717, 1.165) is 24.7 Å². The minimum absolute atomic E-state index is 0.0144. The molecular weight excluding hydrogens is 537 g/mol. The number of para-hydroxylation sites is 1. The number of hydrogen-bond donors (Lipinski definition) is 2. The quantitative estimate of drug-likeness (QED) is 0.347. The summed E-state index contributed by atoms with van der Waals surface area (Å²) in [6.45, 7) is 0.568. The Hall–Kier alpha value is -4.07.